The van der Waals surface area contributed by atoms with Crippen molar-refractivity contribution in [1.29, 1.82) is 0 Å². The Hall–Kier alpha value is -3.29. The summed E-state index contributed by atoms with van der Waals surface area (Å²) < 4.78 is 13.6. The lowest BCUT2D eigenvalue weighted by atomic mass is 9.97. The molecule has 0 atom stereocenters. The predicted octanol–water partition coefficient (Wildman–Crippen LogP) is 1.71. The van der Waals surface area contributed by atoms with Crippen molar-refractivity contribution in [2.24, 2.45) is 0 Å². The maximum absolute atomic E-state index is 12.9. The number of nitrogens with zero attached hydrogens (tertiary/aromatic N) is 3. The molecule has 8 heteroatoms. The Bertz CT molecular complexity index is 1120. The van der Waals surface area contributed by atoms with Crippen molar-refractivity contribution in [3.05, 3.63) is 57.8 Å². The number of aryl methyl sites for hydroxylation is 2. The molecule has 2 heterocycles. The van der Waals surface area contributed by atoms with Crippen LogP contribution in [0.1, 0.15) is 29.7 Å². The molecular formula is C21H24N4O4. The van der Waals surface area contributed by atoms with E-state index < -0.39 is 0 Å². The standard InChI is InChI=1S/C21H24N4O4/c1-28-17-8-7-14(11-18(17)29-2)12-22-19(26)13-24-9-10-25-20(21(24)27)15-5-3-4-6-16(15)23-25/h7-11H,3-6,12-13H2,1-2H3,(H,22,26). The van der Waals surface area contributed by atoms with Gasteiger partial charge in [0.05, 0.1) is 19.9 Å². The van der Waals surface area contributed by atoms with Crippen LogP contribution in [0.15, 0.2) is 35.4 Å². The van der Waals surface area contributed by atoms with E-state index in [1.165, 1.54) is 4.57 Å². The third-order valence-corrected chi connectivity index (χ3v) is 5.28. The lowest BCUT2D eigenvalue weighted by Crippen LogP contribution is -2.32. The van der Waals surface area contributed by atoms with E-state index in [9.17, 15) is 9.59 Å². The first-order valence-electron chi connectivity index (χ1n) is 9.68. The molecule has 0 saturated carbocycles. The number of nitrogens with one attached hydrogen (secondary N) is 1. The first-order valence-corrected chi connectivity index (χ1v) is 9.68. The monoisotopic (exact) mass is 396 g/mol. The van der Waals surface area contributed by atoms with Crippen LogP contribution in [0.25, 0.3) is 5.52 Å². The highest BCUT2D eigenvalue weighted by molar-refractivity contribution is 5.76. The summed E-state index contributed by atoms with van der Waals surface area (Å²) in [5.41, 5.74) is 3.33. The van der Waals surface area contributed by atoms with E-state index in [0.717, 1.165) is 42.5 Å². The van der Waals surface area contributed by atoms with Crippen molar-refractivity contribution in [2.75, 3.05) is 14.2 Å². The summed E-state index contributed by atoms with van der Waals surface area (Å²) in [6, 6.07) is 5.47. The molecular weight excluding hydrogens is 372 g/mol. The van der Waals surface area contributed by atoms with E-state index in [4.69, 9.17) is 9.47 Å². The zero-order chi connectivity index (χ0) is 20.4. The van der Waals surface area contributed by atoms with Crippen LogP contribution in [-0.4, -0.2) is 34.3 Å². The zero-order valence-corrected chi connectivity index (χ0v) is 16.6. The Kier molecular flexibility index (Phi) is 5.24. The van der Waals surface area contributed by atoms with Gasteiger partial charge in [-0.25, -0.2) is 4.52 Å². The number of rotatable bonds is 6. The second kappa shape index (κ2) is 7.98. The zero-order valence-electron chi connectivity index (χ0n) is 16.6. The molecule has 2 aromatic heterocycles. The molecule has 0 unspecified atom stereocenters. The predicted molar refractivity (Wildman–Crippen MR) is 107 cm³/mol. The van der Waals surface area contributed by atoms with Crippen LogP contribution in [0, 0.1) is 0 Å². The molecule has 1 amide bonds. The van der Waals surface area contributed by atoms with Gasteiger partial charge >= 0.3 is 0 Å². The van der Waals surface area contributed by atoms with Crippen LogP contribution in [-0.2, 0) is 30.7 Å². The first kappa shape index (κ1) is 19.0. The van der Waals surface area contributed by atoms with Crippen molar-refractivity contribution >= 4 is 11.4 Å². The van der Waals surface area contributed by atoms with Crippen molar-refractivity contribution < 1.29 is 14.3 Å². The Morgan fingerprint density at radius 1 is 1.14 bits per heavy atom. The van der Waals surface area contributed by atoms with Gasteiger partial charge < -0.3 is 19.4 Å². The summed E-state index contributed by atoms with van der Waals surface area (Å²) in [7, 11) is 3.14. The summed E-state index contributed by atoms with van der Waals surface area (Å²) in [6.07, 6.45) is 7.30. The smallest absolute Gasteiger partial charge is 0.277 e. The number of fused-ring (bicyclic) bond motifs is 3. The van der Waals surface area contributed by atoms with E-state index in [1.54, 1.807) is 37.2 Å². The lowest BCUT2D eigenvalue weighted by Gasteiger charge is -2.11. The number of carbonyl (C=O) groups excluding carboxylic acids is 1. The molecule has 152 valence electrons. The van der Waals surface area contributed by atoms with Crippen LogP contribution < -0.4 is 20.3 Å². The normalized spacial score (nSPS) is 13.2. The molecule has 1 aromatic carbocycles. The summed E-state index contributed by atoms with van der Waals surface area (Å²) in [5, 5.41) is 7.37. The Morgan fingerprint density at radius 3 is 2.72 bits per heavy atom. The van der Waals surface area contributed by atoms with Crippen molar-refractivity contribution in [1.82, 2.24) is 19.5 Å². The summed E-state index contributed by atoms with van der Waals surface area (Å²) in [5.74, 6) is 0.998. The topological polar surface area (TPSA) is 86.9 Å². The van der Waals surface area contributed by atoms with Crippen LogP contribution in [0.5, 0.6) is 11.5 Å². The lowest BCUT2D eigenvalue weighted by molar-refractivity contribution is -0.121. The molecule has 8 nitrogen and oxygen atoms in total. The molecule has 0 radical (unpaired) electrons. The van der Waals surface area contributed by atoms with Crippen molar-refractivity contribution in [3.8, 4) is 11.5 Å². The van der Waals surface area contributed by atoms with E-state index in [-0.39, 0.29) is 18.0 Å². The van der Waals surface area contributed by atoms with Gasteiger partial charge in [-0.15, -0.1) is 0 Å². The maximum atomic E-state index is 12.9. The number of methoxy groups -OCH3 is 2. The third-order valence-electron chi connectivity index (χ3n) is 5.28. The second-order valence-electron chi connectivity index (χ2n) is 7.12. The average molecular weight is 396 g/mol. The van der Waals surface area contributed by atoms with Gasteiger partial charge in [-0.1, -0.05) is 6.07 Å². The third kappa shape index (κ3) is 3.70. The van der Waals surface area contributed by atoms with Crippen LogP contribution in [0.2, 0.25) is 0 Å². The van der Waals surface area contributed by atoms with E-state index in [2.05, 4.69) is 10.4 Å². The average Bonchev–Trinajstić information content (AvgIpc) is 3.13. The molecule has 1 aliphatic carbocycles. The second-order valence-corrected chi connectivity index (χ2v) is 7.12. The highest BCUT2D eigenvalue weighted by Crippen LogP contribution is 2.27. The quantitative estimate of drug-likeness (QED) is 0.685. The van der Waals surface area contributed by atoms with Crippen LogP contribution in [0.3, 0.4) is 0 Å². The minimum Gasteiger partial charge on any atom is -0.493 e. The van der Waals surface area contributed by atoms with Gasteiger partial charge in [0.1, 0.15) is 12.1 Å². The van der Waals surface area contributed by atoms with E-state index >= 15 is 0 Å². The Balaban J connectivity index is 1.48. The molecule has 29 heavy (non-hydrogen) atoms. The number of aromatic nitrogens is 3. The molecule has 0 fully saturated rings. The molecule has 4 rings (SSSR count). The Labute approximate surface area is 168 Å². The molecule has 0 saturated heterocycles. The highest BCUT2D eigenvalue weighted by atomic mass is 16.5. The van der Waals surface area contributed by atoms with Gasteiger partial charge in [0.2, 0.25) is 5.91 Å². The largest absolute Gasteiger partial charge is 0.493 e. The van der Waals surface area contributed by atoms with Gasteiger partial charge in [-0.05, 0) is 43.4 Å². The number of carbonyl (C=O) groups is 1. The molecule has 3 aromatic rings. The van der Waals surface area contributed by atoms with E-state index in [1.807, 2.05) is 12.1 Å². The number of hydrogen-bond donors (Lipinski definition) is 1. The SMILES string of the molecule is COc1ccc(CNC(=O)Cn2ccn3nc4c(c3c2=O)CCCC4)cc1OC. The van der Waals surface area contributed by atoms with Gasteiger partial charge in [0.15, 0.2) is 11.5 Å². The molecule has 0 spiro atoms. The fourth-order valence-corrected chi connectivity index (χ4v) is 3.78. The van der Waals surface area contributed by atoms with E-state index in [0.29, 0.717) is 23.6 Å². The number of ether oxygens (including phenoxy) is 2. The first-order chi connectivity index (χ1) is 14.1. The maximum Gasteiger partial charge on any atom is 0.277 e. The number of amides is 1. The summed E-state index contributed by atoms with van der Waals surface area (Å²) >= 11 is 0. The molecule has 0 aliphatic heterocycles. The van der Waals surface area contributed by atoms with Gasteiger partial charge in [-0.3, -0.25) is 9.59 Å². The highest BCUT2D eigenvalue weighted by Gasteiger charge is 2.20. The van der Waals surface area contributed by atoms with Gasteiger partial charge in [0.25, 0.3) is 5.56 Å². The van der Waals surface area contributed by atoms with Crippen molar-refractivity contribution in [3.63, 3.8) is 0 Å². The fourth-order valence-electron chi connectivity index (χ4n) is 3.78. The minimum atomic E-state index is -0.236. The van der Waals surface area contributed by atoms with Crippen LogP contribution in [0.4, 0.5) is 0 Å². The molecule has 0 bridgehead atoms. The Morgan fingerprint density at radius 2 is 1.93 bits per heavy atom. The number of hydrogen-bond acceptors (Lipinski definition) is 5. The molecule has 1 aliphatic rings. The summed E-state index contributed by atoms with van der Waals surface area (Å²) in [4.78, 5) is 25.3. The number of benzene rings is 1. The minimum absolute atomic E-state index is 0.0391. The summed E-state index contributed by atoms with van der Waals surface area (Å²) in [6.45, 7) is 0.292. The fraction of sp³-hybridized carbons (Fsp3) is 0.381. The van der Waals surface area contributed by atoms with Crippen LogP contribution >= 0.6 is 0 Å². The van der Waals surface area contributed by atoms with Gasteiger partial charge in [0, 0.05) is 24.5 Å². The molecule has 1 N–H and O–H groups in total. The van der Waals surface area contributed by atoms with Crippen molar-refractivity contribution in [2.45, 2.75) is 38.8 Å². The van der Waals surface area contributed by atoms with Gasteiger partial charge in [-0.2, -0.15) is 5.10 Å².